The monoisotopic (exact) mass is 495 g/mol. The van der Waals surface area contributed by atoms with Crippen LogP contribution in [0, 0.1) is 0 Å². The van der Waals surface area contributed by atoms with Crippen molar-refractivity contribution in [3.8, 4) is 0 Å². The van der Waals surface area contributed by atoms with Gasteiger partial charge in [0.1, 0.15) is 0 Å². The van der Waals surface area contributed by atoms with Crippen LogP contribution < -0.4 is 10.6 Å². The van der Waals surface area contributed by atoms with Gasteiger partial charge in [-0.25, -0.2) is 0 Å². The molecule has 0 aliphatic carbocycles. The summed E-state index contributed by atoms with van der Waals surface area (Å²) in [6.07, 6.45) is 0.904. The number of carbonyl (C=O) groups excluding carboxylic acids is 2. The van der Waals surface area contributed by atoms with Crippen LogP contribution in [0.4, 0.5) is 0 Å². The van der Waals surface area contributed by atoms with Crippen LogP contribution in [0.3, 0.4) is 0 Å². The summed E-state index contributed by atoms with van der Waals surface area (Å²) in [5, 5.41) is 14.0. The quantitative estimate of drug-likeness (QED) is 0.433. The number of carbonyl (C=O) groups is 2. The van der Waals surface area contributed by atoms with E-state index in [1.807, 2.05) is 13.0 Å². The van der Waals surface area contributed by atoms with Gasteiger partial charge in [-0.2, -0.15) is 0 Å². The van der Waals surface area contributed by atoms with Gasteiger partial charge in [0, 0.05) is 32.7 Å². The lowest BCUT2D eigenvalue weighted by Crippen LogP contribution is -2.47. The predicted molar refractivity (Wildman–Crippen MR) is 129 cm³/mol. The van der Waals surface area contributed by atoms with Crippen LogP contribution in [0.15, 0.2) is 39.0 Å². The van der Waals surface area contributed by atoms with Crippen molar-refractivity contribution in [1.82, 2.24) is 25.7 Å². The first kappa shape index (κ1) is 25.0. The number of hydrogen-bond donors (Lipinski definition) is 2. The maximum Gasteiger partial charge on any atom is 0.230 e. The molecule has 1 unspecified atom stereocenters. The number of nitrogens with zero attached hydrogens (tertiary/aromatic N) is 3. The van der Waals surface area contributed by atoms with E-state index in [0.717, 1.165) is 34.7 Å². The highest BCUT2D eigenvalue weighted by Gasteiger charge is 2.21. The third-order valence-electron chi connectivity index (χ3n) is 4.61. The number of benzene rings is 1. The molecule has 0 radical (unpaired) electrons. The molecule has 1 aliphatic rings. The second-order valence-corrected chi connectivity index (χ2v) is 10.7. The molecule has 32 heavy (non-hydrogen) atoms. The molecule has 174 valence electrons. The van der Waals surface area contributed by atoms with Crippen LogP contribution >= 0.6 is 34.9 Å². The van der Waals surface area contributed by atoms with Crippen molar-refractivity contribution in [3.63, 3.8) is 0 Å². The Morgan fingerprint density at radius 2 is 1.81 bits per heavy atom. The summed E-state index contributed by atoms with van der Waals surface area (Å²) in [6.45, 7) is 6.45. The molecule has 1 aromatic carbocycles. The van der Waals surface area contributed by atoms with Crippen molar-refractivity contribution in [1.29, 1.82) is 0 Å². The Morgan fingerprint density at radius 3 is 2.50 bits per heavy atom. The minimum atomic E-state index is -0.0536. The van der Waals surface area contributed by atoms with E-state index in [9.17, 15) is 9.59 Å². The number of morpholine rings is 1. The van der Waals surface area contributed by atoms with Gasteiger partial charge >= 0.3 is 0 Å². The van der Waals surface area contributed by atoms with Crippen LogP contribution in [0.2, 0.25) is 0 Å². The summed E-state index contributed by atoms with van der Waals surface area (Å²) in [7, 11) is 0. The highest BCUT2D eigenvalue weighted by molar-refractivity contribution is 8.03. The molecule has 2 aromatic rings. The molecule has 0 saturated carbocycles. The largest absolute Gasteiger partial charge is 0.374 e. The van der Waals surface area contributed by atoms with E-state index in [1.54, 1.807) is 0 Å². The third kappa shape index (κ3) is 9.07. The van der Waals surface area contributed by atoms with E-state index in [-0.39, 0.29) is 23.7 Å². The molecule has 11 heteroatoms. The summed E-state index contributed by atoms with van der Waals surface area (Å²) in [5.41, 5.74) is 1.28. The molecule has 8 nitrogen and oxygen atoms in total. The number of hydrogen-bond acceptors (Lipinski definition) is 9. The van der Waals surface area contributed by atoms with Gasteiger partial charge in [0.05, 0.1) is 24.2 Å². The number of amides is 2. The van der Waals surface area contributed by atoms with E-state index < -0.39 is 0 Å². The molecule has 0 bridgehead atoms. The van der Waals surface area contributed by atoms with Gasteiger partial charge < -0.3 is 15.4 Å². The van der Waals surface area contributed by atoms with Crippen LogP contribution in [0.1, 0.15) is 18.9 Å². The molecular formula is C21H29N5O3S3. The first-order valence-corrected chi connectivity index (χ1v) is 13.4. The Morgan fingerprint density at radius 1 is 1.12 bits per heavy atom. The Bertz CT molecular complexity index is 852. The topological polar surface area (TPSA) is 96.5 Å². The summed E-state index contributed by atoms with van der Waals surface area (Å²) >= 11 is 4.12. The van der Waals surface area contributed by atoms with Gasteiger partial charge in [-0.15, -0.1) is 10.2 Å². The van der Waals surface area contributed by atoms with Crippen LogP contribution in [0.25, 0.3) is 0 Å². The fourth-order valence-corrected chi connectivity index (χ4v) is 5.73. The molecule has 1 saturated heterocycles. The lowest BCUT2D eigenvalue weighted by atomic mass is 10.2. The fourth-order valence-electron chi connectivity index (χ4n) is 3.05. The maximum atomic E-state index is 12.3. The third-order valence-corrected chi connectivity index (χ3v) is 7.80. The standard InChI is InChI=1S/C21H29N5O3S3/c1-2-8-22-18(27)14-30-20-24-25-21(32-20)31-15-19(28)23-11-17-13-26(9-10-29-17)12-16-6-4-3-5-7-16/h3-7,17H,2,8-15H2,1H3,(H,22,27)(H,23,28). The summed E-state index contributed by atoms with van der Waals surface area (Å²) in [4.78, 5) is 26.3. The average molecular weight is 496 g/mol. The predicted octanol–water partition coefficient (Wildman–Crippen LogP) is 2.27. The number of thioether (sulfide) groups is 2. The minimum absolute atomic E-state index is 0.00658. The molecule has 1 fully saturated rings. The van der Waals surface area contributed by atoms with Crippen molar-refractivity contribution in [2.24, 2.45) is 0 Å². The molecule has 1 aliphatic heterocycles. The van der Waals surface area contributed by atoms with Crippen molar-refractivity contribution >= 4 is 46.7 Å². The zero-order valence-electron chi connectivity index (χ0n) is 18.1. The smallest absolute Gasteiger partial charge is 0.230 e. The highest BCUT2D eigenvalue weighted by Crippen LogP contribution is 2.28. The van der Waals surface area contributed by atoms with Gasteiger partial charge in [0.15, 0.2) is 8.68 Å². The Labute approximate surface area is 201 Å². The zero-order valence-corrected chi connectivity index (χ0v) is 20.6. The van der Waals surface area contributed by atoms with E-state index >= 15 is 0 Å². The van der Waals surface area contributed by atoms with Crippen molar-refractivity contribution < 1.29 is 14.3 Å². The maximum absolute atomic E-state index is 12.3. The molecule has 1 atom stereocenters. The number of nitrogens with one attached hydrogen (secondary N) is 2. The second-order valence-electron chi connectivity index (χ2n) is 7.28. The molecule has 0 spiro atoms. The molecule has 2 amide bonds. The van der Waals surface area contributed by atoms with Gasteiger partial charge in [-0.1, -0.05) is 72.1 Å². The van der Waals surface area contributed by atoms with Crippen LogP contribution in [-0.2, 0) is 20.9 Å². The molecule has 1 aromatic heterocycles. The lowest BCUT2D eigenvalue weighted by Gasteiger charge is -2.33. The van der Waals surface area contributed by atoms with Crippen molar-refractivity contribution in [3.05, 3.63) is 35.9 Å². The van der Waals surface area contributed by atoms with E-state index in [4.69, 9.17) is 4.74 Å². The first-order chi connectivity index (χ1) is 15.6. The van der Waals surface area contributed by atoms with Gasteiger partial charge in [0.25, 0.3) is 0 Å². The van der Waals surface area contributed by atoms with Gasteiger partial charge in [0.2, 0.25) is 11.8 Å². The molecular weight excluding hydrogens is 466 g/mol. The molecule has 2 N–H and O–H groups in total. The number of rotatable bonds is 12. The Balaban J connectivity index is 1.32. The molecule has 2 heterocycles. The van der Waals surface area contributed by atoms with E-state index in [1.165, 1.54) is 40.4 Å². The highest BCUT2D eigenvalue weighted by atomic mass is 32.2. The summed E-state index contributed by atoms with van der Waals surface area (Å²) < 4.78 is 7.27. The van der Waals surface area contributed by atoms with E-state index in [2.05, 4.69) is 50.0 Å². The lowest BCUT2D eigenvalue weighted by molar-refractivity contribution is -0.120. The zero-order chi connectivity index (χ0) is 22.6. The molecule has 3 rings (SSSR count). The van der Waals surface area contributed by atoms with E-state index in [0.29, 0.717) is 25.4 Å². The first-order valence-electron chi connectivity index (χ1n) is 10.6. The van der Waals surface area contributed by atoms with Crippen molar-refractivity contribution in [2.75, 3.05) is 44.3 Å². The number of ether oxygens (including phenoxy) is 1. The average Bonchev–Trinajstić information content (AvgIpc) is 3.27. The Kier molecular flexibility index (Phi) is 10.8. The number of aromatic nitrogens is 2. The van der Waals surface area contributed by atoms with Gasteiger partial charge in [-0.3, -0.25) is 14.5 Å². The minimum Gasteiger partial charge on any atom is -0.374 e. The Hall–Kier alpha value is -1.66. The normalized spacial score (nSPS) is 16.6. The fraction of sp³-hybridized carbons (Fsp3) is 0.524. The second kappa shape index (κ2) is 13.8. The van der Waals surface area contributed by atoms with Crippen molar-refractivity contribution in [2.45, 2.75) is 34.7 Å². The summed E-state index contributed by atoms with van der Waals surface area (Å²) in [6, 6.07) is 10.4. The van der Waals surface area contributed by atoms with Crippen LogP contribution in [0.5, 0.6) is 0 Å². The van der Waals surface area contributed by atoms with Gasteiger partial charge in [-0.05, 0) is 12.0 Å². The van der Waals surface area contributed by atoms with Crippen LogP contribution in [-0.4, -0.2) is 77.3 Å². The summed E-state index contributed by atoms with van der Waals surface area (Å²) in [5.74, 6) is 0.536. The SMILES string of the molecule is CCCNC(=O)CSc1nnc(SCC(=O)NCC2CN(Cc3ccccc3)CCO2)s1.